The number of rotatable bonds is 5. The van der Waals surface area contributed by atoms with Gasteiger partial charge in [-0.2, -0.15) is 0 Å². The Morgan fingerprint density at radius 2 is 2.11 bits per heavy atom. The minimum absolute atomic E-state index is 0.0312. The summed E-state index contributed by atoms with van der Waals surface area (Å²) < 4.78 is 4.99. The van der Waals surface area contributed by atoms with E-state index in [9.17, 15) is 0 Å². The van der Waals surface area contributed by atoms with Gasteiger partial charge in [-0.1, -0.05) is 0 Å². The third-order valence-corrected chi connectivity index (χ3v) is 0.938. The minimum atomic E-state index is -0.242. The molecule has 1 unspecified atom stereocenters. The molecule has 4 nitrogen and oxygen atoms in total. The van der Waals surface area contributed by atoms with E-state index in [4.69, 9.17) is 21.3 Å². The van der Waals surface area contributed by atoms with Gasteiger partial charge in [0.15, 0.2) is 0 Å². The summed E-state index contributed by atoms with van der Waals surface area (Å²) >= 11 is 0. The van der Waals surface area contributed by atoms with Crippen LogP contribution in [0.25, 0.3) is 0 Å². The number of hydrogen-bond donors (Lipinski definition) is 3. The summed E-state index contributed by atoms with van der Waals surface area (Å²) in [5.41, 5.74) is 10.3. The highest BCUT2D eigenvalue weighted by atomic mass is 16.5. The summed E-state index contributed by atoms with van der Waals surface area (Å²) in [6.07, 6.45) is -0.242. The fourth-order valence-electron chi connectivity index (χ4n) is 0.430. The SMILES string of the molecule is NCCOC(CN)CO. The van der Waals surface area contributed by atoms with Gasteiger partial charge in [-0.3, -0.25) is 0 Å². The number of nitrogens with two attached hydrogens (primary N) is 2. The van der Waals surface area contributed by atoms with Gasteiger partial charge in [0, 0.05) is 13.1 Å². The highest BCUT2D eigenvalue weighted by molar-refractivity contribution is 4.54. The lowest BCUT2D eigenvalue weighted by atomic mass is 10.4. The molecule has 1 atom stereocenters. The molecular formula is C5H14N2O2. The zero-order chi connectivity index (χ0) is 7.11. The van der Waals surface area contributed by atoms with Gasteiger partial charge in [0.05, 0.1) is 19.3 Å². The topological polar surface area (TPSA) is 81.5 Å². The van der Waals surface area contributed by atoms with E-state index in [0.717, 1.165) is 0 Å². The van der Waals surface area contributed by atoms with E-state index in [0.29, 0.717) is 19.7 Å². The van der Waals surface area contributed by atoms with Crippen LogP contribution in [-0.4, -0.2) is 37.5 Å². The van der Waals surface area contributed by atoms with Crippen molar-refractivity contribution in [2.24, 2.45) is 11.5 Å². The van der Waals surface area contributed by atoms with Crippen molar-refractivity contribution in [3.63, 3.8) is 0 Å². The van der Waals surface area contributed by atoms with E-state index in [-0.39, 0.29) is 12.7 Å². The van der Waals surface area contributed by atoms with Crippen LogP contribution in [0.3, 0.4) is 0 Å². The molecule has 0 aliphatic rings. The molecule has 0 fully saturated rings. The van der Waals surface area contributed by atoms with Crippen LogP contribution in [0, 0.1) is 0 Å². The molecule has 0 rings (SSSR count). The largest absolute Gasteiger partial charge is 0.394 e. The lowest BCUT2D eigenvalue weighted by Gasteiger charge is -2.10. The maximum atomic E-state index is 8.51. The van der Waals surface area contributed by atoms with Crippen molar-refractivity contribution in [3.8, 4) is 0 Å². The van der Waals surface area contributed by atoms with Crippen LogP contribution in [0.5, 0.6) is 0 Å². The van der Waals surface area contributed by atoms with Crippen LogP contribution in [0.1, 0.15) is 0 Å². The molecule has 5 N–H and O–H groups in total. The standard InChI is InChI=1S/C5H14N2O2/c6-1-2-9-5(3-7)4-8/h5,8H,1-4,6-7H2. The first kappa shape index (κ1) is 8.84. The second-order valence-corrected chi connectivity index (χ2v) is 1.70. The Morgan fingerprint density at radius 1 is 1.44 bits per heavy atom. The van der Waals surface area contributed by atoms with Crippen molar-refractivity contribution in [3.05, 3.63) is 0 Å². The van der Waals surface area contributed by atoms with E-state index >= 15 is 0 Å². The second-order valence-electron chi connectivity index (χ2n) is 1.70. The molecule has 4 heteroatoms. The van der Waals surface area contributed by atoms with Crippen LogP contribution in [0.4, 0.5) is 0 Å². The van der Waals surface area contributed by atoms with Crippen molar-refractivity contribution in [2.75, 3.05) is 26.3 Å². The van der Waals surface area contributed by atoms with Gasteiger partial charge in [0.2, 0.25) is 0 Å². The fourth-order valence-corrected chi connectivity index (χ4v) is 0.430. The second kappa shape index (κ2) is 5.97. The number of aliphatic hydroxyl groups excluding tert-OH is 1. The van der Waals surface area contributed by atoms with Gasteiger partial charge in [-0.25, -0.2) is 0 Å². The van der Waals surface area contributed by atoms with Gasteiger partial charge >= 0.3 is 0 Å². The van der Waals surface area contributed by atoms with Gasteiger partial charge in [-0.15, -0.1) is 0 Å². The molecule has 0 saturated carbocycles. The monoisotopic (exact) mass is 134 g/mol. The van der Waals surface area contributed by atoms with Crippen molar-refractivity contribution >= 4 is 0 Å². The molecular weight excluding hydrogens is 120 g/mol. The molecule has 56 valence electrons. The third kappa shape index (κ3) is 4.35. The van der Waals surface area contributed by atoms with E-state index in [1.807, 2.05) is 0 Å². The maximum Gasteiger partial charge on any atom is 0.0928 e. The summed E-state index contributed by atoms with van der Waals surface area (Å²) in [5, 5.41) is 8.51. The van der Waals surface area contributed by atoms with Crippen LogP contribution in [-0.2, 0) is 4.74 Å². The summed E-state index contributed by atoms with van der Waals surface area (Å²) in [5.74, 6) is 0. The number of aliphatic hydroxyl groups is 1. The lowest BCUT2D eigenvalue weighted by molar-refractivity contribution is 0.0231. The molecule has 0 heterocycles. The maximum absolute atomic E-state index is 8.51. The normalized spacial score (nSPS) is 13.7. The molecule has 0 radical (unpaired) electrons. The average molecular weight is 134 g/mol. The van der Waals surface area contributed by atoms with E-state index in [2.05, 4.69) is 0 Å². The molecule has 0 aromatic carbocycles. The zero-order valence-corrected chi connectivity index (χ0v) is 5.42. The molecule has 0 aliphatic carbocycles. The van der Waals surface area contributed by atoms with Gasteiger partial charge in [0.1, 0.15) is 0 Å². The molecule has 0 saturated heterocycles. The van der Waals surface area contributed by atoms with E-state index < -0.39 is 0 Å². The summed E-state index contributed by atoms with van der Waals surface area (Å²) in [7, 11) is 0. The zero-order valence-electron chi connectivity index (χ0n) is 5.42. The fraction of sp³-hybridized carbons (Fsp3) is 1.00. The Morgan fingerprint density at radius 3 is 2.44 bits per heavy atom. The van der Waals surface area contributed by atoms with Gasteiger partial charge in [0.25, 0.3) is 0 Å². The number of ether oxygens (including phenoxy) is 1. The predicted octanol–water partition coefficient (Wildman–Crippen LogP) is -1.72. The molecule has 9 heavy (non-hydrogen) atoms. The van der Waals surface area contributed by atoms with Crippen LogP contribution in [0.2, 0.25) is 0 Å². The Hall–Kier alpha value is -0.160. The van der Waals surface area contributed by atoms with E-state index in [1.165, 1.54) is 0 Å². The Labute approximate surface area is 54.8 Å². The molecule has 0 aromatic rings. The highest BCUT2D eigenvalue weighted by Gasteiger charge is 2.01. The average Bonchev–Trinajstić information content (AvgIpc) is 1.91. The molecule has 0 aliphatic heterocycles. The smallest absolute Gasteiger partial charge is 0.0928 e. The minimum Gasteiger partial charge on any atom is -0.394 e. The Balaban J connectivity index is 3.09. The first-order valence-electron chi connectivity index (χ1n) is 2.97. The highest BCUT2D eigenvalue weighted by Crippen LogP contribution is 1.84. The summed E-state index contributed by atoms with van der Waals surface area (Å²) in [4.78, 5) is 0. The first-order valence-corrected chi connectivity index (χ1v) is 2.97. The first-order chi connectivity index (χ1) is 4.35. The third-order valence-electron chi connectivity index (χ3n) is 0.938. The molecule has 0 bridgehead atoms. The van der Waals surface area contributed by atoms with Crippen LogP contribution in [0.15, 0.2) is 0 Å². The van der Waals surface area contributed by atoms with Gasteiger partial charge < -0.3 is 21.3 Å². The van der Waals surface area contributed by atoms with Crippen molar-refractivity contribution in [1.82, 2.24) is 0 Å². The predicted molar refractivity (Wildman–Crippen MR) is 34.9 cm³/mol. The summed E-state index contributed by atoms with van der Waals surface area (Å²) in [6, 6.07) is 0. The van der Waals surface area contributed by atoms with Crippen molar-refractivity contribution in [1.29, 1.82) is 0 Å². The van der Waals surface area contributed by atoms with Gasteiger partial charge in [-0.05, 0) is 0 Å². The van der Waals surface area contributed by atoms with Crippen molar-refractivity contribution in [2.45, 2.75) is 6.10 Å². The Kier molecular flexibility index (Phi) is 5.86. The Bertz CT molecular complexity index is 56.9. The molecule has 0 spiro atoms. The quantitative estimate of drug-likeness (QED) is 0.418. The molecule has 0 amide bonds. The van der Waals surface area contributed by atoms with Crippen molar-refractivity contribution < 1.29 is 9.84 Å². The van der Waals surface area contributed by atoms with E-state index in [1.54, 1.807) is 0 Å². The molecule has 0 aromatic heterocycles. The van der Waals surface area contributed by atoms with Crippen LogP contribution < -0.4 is 11.5 Å². The number of hydrogen-bond acceptors (Lipinski definition) is 4. The lowest BCUT2D eigenvalue weighted by Crippen LogP contribution is -2.29. The van der Waals surface area contributed by atoms with Crippen LogP contribution >= 0.6 is 0 Å². The summed E-state index contributed by atoms with van der Waals surface area (Å²) in [6.45, 7) is 1.24.